The lowest BCUT2D eigenvalue weighted by Crippen LogP contribution is -2.31. The lowest BCUT2D eigenvalue weighted by Gasteiger charge is -2.15. The monoisotopic (exact) mass is 211 g/mol. The molecule has 2 heterocycles. The van der Waals surface area contributed by atoms with Crippen LogP contribution in [0.1, 0.15) is 12.6 Å². The van der Waals surface area contributed by atoms with Crippen LogP contribution in [0.4, 0.5) is 5.69 Å². The Balaban J connectivity index is 2.09. The fraction of sp³-hybridized carbons (Fsp3) is 0.700. The van der Waals surface area contributed by atoms with Crippen molar-refractivity contribution < 1.29 is 9.84 Å². The average Bonchev–Trinajstić information content (AvgIpc) is 2.75. The second-order valence-corrected chi connectivity index (χ2v) is 3.87. The summed E-state index contributed by atoms with van der Waals surface area (Å²) < 4.78 is 6.96. The van der Waals surface area contributed by atoms with Gasteiger partial charge in [0.05, 0.1) is 36.7 Å². The van der Waals surface area contributed by atoms with Crippen molar-refractivity contribution in [2.75, 3.05) is 18.5 Å². The quantitative estimate of drug-likeness (QED) is 0.747. The number of anilines is 1. The molecular weight excluding hydrogens is 194 g/mol. The second kappa shape index (κ2) is 4.20. The van der Waals surface area contributed by atoms with E-state index < -0.39 is 6.10 Å². The van der Waals surface area contributed by atoms with Crippen molar-refractivity contribution in [3.8, 4) is 0 Å². The average molecular weight is 211 g/mol. The molecule has 0 aromatic carbocycles. The van der Waals surface area contributed by atoms with Crippen molar-refractivity contribution in [2.45, 2.75) is 25.5 Å². The highest BCUT2D eigenvalue weighted by atomic mass is 16.5. The Hall–Kier alpha value is -1.07. The summed E-state index contributed by atoms with van der Waals surface area (Å²) in [5.41, 5.74) is 2.02. The maximum Gasteiger partial charge on any atom is 0.0996 e. The molecule has 0 saturated carbocycles. The summed E-state index contributed by atoms with van der Waals surface area (Å²) >= 11 is 0. The van der Waals surface area contributed by atoms with Crippen LogP contribution in [0.5, 0.6) is 0 Å². The molecule has 15 heavy (non-hydrogen) atoms. The largest absolute Gasteiger partial charge is 0.388 e. The Bertz CT molecular complexity index is 337. The number of hydrogen-bond donors (Lipinski definition) is 2. The number of rotatable bonds is 3. The van der Waals surface area contributed by atoms with Crippen molar-refractivity contribution in [2.24, 2.45) is 7.05 Å². The maximum absolute atomic E-state index is 9.61. The number of ether oxygens (including phenoxy) is 1. The molecule has 5 nitrogen and oxygen atoms in total. The van der Waals surface area contributed by atoms with Gasteiger partial charge in [-0.05, 0) is 6.42 Å². The van der Waals surface area contributed by atoms with Crippen LogP contribution in [0.25, 0.3) is 0 Å². The summed E-state index contributed by atoms with van der Waals surface area (Å²) in [6.45, 7) is 3.04. The van der Waals surface area contributed by atoms with Crippen LogP contribution in [0.15, 0.2) is 6.20 Å². The minimum absolute atomic E-state index is 0.0144. The van der Waals surface area contributed by atoms with E-state index in [-0.39, 0.29) is 6.04 Å². The summed E-state index contributed by atoms with van der Waals surface area (Å²) in [6.07, 6.45) is 2.39. The van der Waals surface area contributed by atoms with Gasteiger partial charge in [-0.2, -0.15) is 5.10 Å². The zero-order valence-corrected chi connectivity index (χ0v) is 9.10. The molecule has 0 amide bonds. The molecule has 0 spiro atoms. The van der Waals surface area contributed by atoms with E-state index in [1.165, 1.54) is 0 Å². The van der Waals surface area contributed by atoms with E-state index in [1.54, 1.807) is 4.68 Å². The normalized spacial score (nSPS) is 25.8. The number of hydrogen-bond acceptors (Lipinski definition) is 4. The molecule has 2 N–H and O–H groups in total. The molecule has 1 aliphatic rings. The van der Waals surface area contributed by atoms with Crippen LogP contribution >= 0.6 is 0 Å². The molecule has 0 radical (unpaired) electrons. The third kappa shape index (κ3) is 2.13. The van der Waals surface area contributed by atoms with Gasteiger partial charge in [0.2, 0.25) is 0 Å². The SMILES string of the molecule is CCc1nn(C)cc1NC1COCC1O. The fourth-order valence-corrected chi connectivity index (χ4v) is 1.80. The smallest absolute Gasteiger partial charge is 0.0996 e. The van der Waals surface area contributed by atoms with Gasteiger partial charge in [0.15, 0.2) is 0 Å². The molecule has 1 fully saturated rings. The molecule has 1 aromatic heterocycles. The zero-order chi connectivity index (χ0) is 10.8. The number of nitrogens with one attached hydrogen (secondary N) is 1. The number of aliphatic hydroxyl groups is 1. The van der Waals surface area contributed by atoms with Crippen LogP contribution < -0.4 is 5.32 Å². The first-order valence-corrected chi connectivity index (χ1v) is 5.25. The summed E-state index contributed by atoms with van der Waals surface area (Å²) in [7, 11) is 1.89. The van der Waals surface area contributed by atoms with Crippen molar-refractivity contribution in [3.05, 3.63) is 11.9 Å². The van der Waals surface area contributed by atoms with E-state index in [4.69, 9.17) is 4.74 Å². The topological polar surface area (TPSA) is 59.3 Å². The molecule has 2 rings (SSSR count). The molecule has 84 valence electrons. The number of aryl methyl sites for hydroxylation is 2. The highest BCUT2D eigenvalue weighted by molar-refractivity contribution is 5.47. The van der Waals surface area contributed by atoms with Gasteiger partial charge >= 0.3 is 0 Å². The number of nitrogens with zero attached hydrogens (tertiary/aromatic N) is 2. The van der Waals surface area contributed by atoms with Crippen LogP contribution in [0.2, 0.25) is 0 Å². The fourth-order valence-electron chi connectivity index (χ4n) is 1.80. The predicted molar refractivity (Wildman–Crippen MR) is 56.8 cm³/mol. The minimum Gasteiger partial charge on any atom is -0.388 e. The Morgan fingerprint density at radius 3 is 3.07 bits per heavy atom. The first-order chi connectivity index (χ1) is 7.20. The van der Waals surface area contributed by atoms with Crippen molar-refractivity contribution >= 4 is 5.69 Å². The Morgan fingerprint density at radius 1 is 1.67 bits per heavy atom. The Morgan fingerprint density at radius 2 is 2.47 bits per heavy atom. The van der Waals surface area contributed by atoms with Crippen LogP contribution in [0.3, 0.4) is 0 Å². The van der Waals surface area contributed by atoms with Crippen molar-refractivity contribution in [1.29, 1.82) is 0 Å². The van der Waals surface area contributed by atoms with E-state index in [2.05, 4.69) is 17.3 Å². The van der Waals surface area contributed by atoms with Gasteiger partial charge in [0, 0.05) is 13.2 Å². The maximum atomic E-state index is 9.61. The van der Waals surface area contributed by atoms with Crippen LogP contribution in [-0.4, -0.2) is 40.2 Å². The van der Waals surface area contributed by atoms with Gasteiger partial charge in [-0.1, -0.05) is 6.92 Å². The summed E-state index contributed by atoms with van der Waals surface area (Å²) in [6, 6.07) is -0.0144. The van der Waals surface area contributed by atoms with Crippen LogP contribution in [-0.2, 0) is 18.2 Å². The third-order valence-corrected chi connectivity index (χ3v) is 2.63. The molecule has 0 bridgehead atoms. The summed E-state index contributed by atoms with van der Waals surface area (Å²) in [4.78, 5) is 0. The molecule has 1 saturated heterocycles. The zero-order valence-electron chi connectivity index (χ0n) is 9.10. The lowest BCUT2D eigenvalue weighted by atomic mass is 10.2. The molecule has 0 aliphatic carbocycles. The molecular formula is C10H17N3O2. The van der Waals surface area contributed by atoms with E-state index in [9.17, 15) is 5.11 Å². The number of aliphatic hydroxyl groups excluding tert-OH is 1. The van der Waals surface area contributed by atoms with Gasteiger partial charge in [-0.15, -0.1) is 0 Å². The van der Waals surface area contributed by atoms with E-state index in [0.29, 0.717) is 13.2 Å². The van der Waals surface area contributed by atoms with Gasteiger partial charge in [-0.3, -0.25) is 4.68 Å². The van der Waals surface area contributed by atoms with E-state index >= 15 is 0 Å². The highest BCUT2D eigenvalue weighted by Crippen LogP contribution is 2.18. The second-order valence-electron chi connectivity index (χ2n) is 3.87. The standard InChI is InChI=1S/C10H17N3O2/c1-3-7-8(4-13(2)12-7)11-9-5-15-6-10(9)14/h4,9-11,14H,3,5-6H2,1-2H3. The van der Waals surface area contributed by atoms with E-state index in [0.717, 1.165) is 17.8 Å². The van der Waals surface area contributed by atoms with Gasteiger partial charge < -0.3 is 15.2 Å². The highest BCUT2D eigenvalue weighted by Gasteiger charge is 2.26. The summed E-state index contributed by atoms with van der Waals surface area (Å²) in [5, 5.41) is 17.2. The van der Waals surface area contributed by atoms with E-state index in [1.807, 2.05) is 13.2 Å². The first-order valence-electron chi connectivity index (χ1n) is 5.25. The Kier molecular flexibility index (Phi) is 2.93. The Labute approximate surface area is 89.0 Å². The third-order valence-electron chi connectivity index (χ3n) is 2.63. The van der Waals surface area contributed by atoms with Crippen molar-refractivity contribution in [3.63, 3.8) is 0 Å². The van der Waals surface area contributed by atoms with Crippen LogP contribution in [0, 0.1) is 0 Å². The molecule has 1 aromatic rings. The predicted octanol–water partition coefficient (Wildman–Crippen LogP) is 0.154. The summed E-state index contributed by atoms with van der Waals surface area (Å²) in [5.74, 6) is 0. The first kappa shape index (κ1) is 10.4. The molecule has 2 unspecified atom stereocenters. The van der Waals surface area contributed by atoms with Gasteiger partial charge in [0.25, 0.3) is 0 Å². The lowest BCUT2D eigenvalue weighted by molar-refractivity contribution is 0.125. The minimum atomic E-state index is -0.421. The number of aromatic nitrogens is 2. The van der Waals surface area contributed by atoms with Gasteiger partial charge in [-0.25, -0.2) is 0 Å². The van der Waals surface area contributed by atoms with Gasteiger partial charge in [0.1, 0.15) is 0 Å². The molecule has 5 heteroatoms. The molecule has 2 atom stereocenters. The molecule has 1 aliphatic heterocycles. The van der Waals surface area contributed by atoms with Crippen molar-refractivity contribution in [1.82, 2.24) is 9.78 Å².